The van der Waals surface area contributed by atoms with Gasteiger partial charge in [-0.2, -0.15) is 13.2 Å². The van der Waals surface area contributed by atoms with E-state index < -0.39 is 18.1 Å². The van der Waals surface area contributed by atoms with Crippen LogP contribution in [-0.4, -0.2) is 52.3 Å². The zero-order valence-electron chi connectivity index (χ0n) is 14.6. The Morgan fingerprint density at radius 3 is 1.96 bits per heavy atom. The molecular formula is C15H24F3NO5S2. The van der Waals surface area contributed by atoms with Gasteiger partial charge in [-0.05, 0) is 18.8 Å². The largest absolute Gasteiger partial charge is 0.490 e. The van der Waals surface area contributed by atoms with Gasteiger partial charge in [-0.25, -0.2) is 4.79 Å². The fraction of sp³-hybridized carbons (Fsp3) is 0.800. The van der Waals surface area contributed by atoms with Crippen LogP contribution >= 0.6 is 21.6 Å². The summed E-state index contributed by atoms with van der Waals surface area (Å²) >= 11 is 0. The van der Waals surface area contributed by atoms with Crippen LogP contribution in [-0.2, 0) is 14.4 Å². The van der Waals surface area contributed by atoms with Crippen LogP contribution in [0.2, 0.25) is 0 Å². The molecule has 26 heavy (non-hydrogen) atoms. The Morgan fingerprint density at radius 1 is 1.12 bits per heavy atom. The average Bonchev–Trinajstić information content (AvgIpc) is 2.43. The molecule has 0 unspecified atom stereocenters. The van der Waals surface area contributed by atoms with Gasteiger partial charge in [0.15, 0.2) is 0 Å². The molecule has 0 radical (unpaired) electrons. The highest BCUT2D eigenvalue weighted by atomic mass is 33.1. The molecule has 1 saturated carbocycles. The highest BCUT2D eigenvalue weighted by Crippen LogP contribution is 2.47. The molecule has 6 nitrogen and oxygen atoms in total. The van der Waals surface area contributed by atoms with Crippen LogP contribution in [0.25, 0.3) is 0 Å². The molecule has 3 N–H and O–H groups in total. The summed E-state index contributed by atoms with van der Waals surface area (Å²) in [6.45, 7) is 4.91. The van der Waals surface area contributed by atoms with Gasteiger partial charge in [0.05, 0.1) is 11.8 Å². The first-order chi connectivity index (χ1) is 11.9. The molecular weight excluding hydrogens is 395 g/mol. The third-order valence-electron chi connectivity index (χ3n) is 4.00. The lowest BCUT2D eigenvalue weighted by molar-refractivity contribution is -0.192. The molecule has 1 aliphatic carbocycles. The van der Waals surface area contributed by atoms with Crippen LogP contribution in [0.1, 0.15) is 39.5 Å². The molecule has 1 fully saturated rings. The number of nitrogens with one attached hydrogen (secondary N) is 1. The van der Waals surface area contributed by atoms with E-state index in [2.05, 4.69) is 19.2 Å². The molecule has 1 aliphatic rings. The van der Waals surface area contributed by atoms with E-state index in [1.165, 1.54) is 0 Å². The second-order valence-corrected chi connectivity index (χ2v) is 8.71. The second-order valence-electron chi connectivity index (χ2n) is 6.01. The topological polar surface area (TPSA) is 104 Å². The maximum atomic E-state index is 12.2. The Bertz CT molecular complexity index is 482. The predicted octanol–water partition coefficient (Wildman–Crippen LogP) is 3.42. The SMILES string of the molecule is CC(C)C1(C(=O)NCCSSCCC(=O)O)CCC1.O=C(O)C(F)(F)F. The first kappa shape index (κ1) is 24.9. The Labute approximate surface area is 158 Å². The van der Waals surface area contributed by atoms with Crippen LogP contribution in [0, 0.1) is 11.3 Å². The molecule has 0 aliphatic heterocycles. The lowest BCUT2D eigenvalue weighted by Gasteiger charge is -2.43. The van der Waals surface area contributed by atoms with Crippen molar-refractivity contribution in [2.45, 2.75) is 45.7 Å². The van der Waals surface area contributed by atoms with Gasteiger partial charge in [-0.15, -0.1) is 0 Å². The summed E-state index contributed by atoms with van der Waals surface area (Å²) in [6, 6.07) is 0. The Morgan fingerprint density at radius 2 is 1.62 bits per heavy atom. The van der Waals surface area contributed by atoms with Crippen molar-refractivity contribution in [2.24, 2.45) is 11.3 Å². The lowest BCUT2D eigenvalue weighted by atomic mass is 9.61. The van der Waals surface area contributed by atoms with Crippen molar-refractivity contribution in [1.82, 2.24) is 5.32 Å². The predicted molar refractivity (Wildman–Crippen MR) is 95.0 cm³/mol. The first-order valence-electron chi connectivity index (χ1n) is 7.98. The first-order valence-corrected chi connectivity index (χ1v) is 10.5. The Balaban J connectivity index is 0.000000758. The summed E-state index contributed by atoms with van der Waals surface area (Å²) in [4.78, 5) is 31.4. The summed E-state index contributed by atoms with van der Waals surface area (Å²) in [5.74, 6) is -1.48. The number of rotatable bonds is 9. The van der Waals surface area contributed by atoms with Crippen LogP contribution in [0.4, 0.5) is 13.2 Å². The minimum absolute atomic E-state index is 0.124. The maximum Gasteiger partial charge on any atom is 0.490 e. The van der Waals surface area contributed by atoms with Gasteiger partial charge in [0, 0.05) is 18.1 Å². The van der Waals surface area contributed by atoms with E-state index in [1.807, 2.05) is 0 Å². The van der Waals surface area contributed by atoms with Crippen molar-refractivity contribution in [3.63, 3.8) is 0 Å². The van der Waals surface area contributed by atoms with Gasteiger partial charge in [-0.3, -0.25) is 9.59 Å². The van der Waals surface area contributed by atoms with E-state index in [4.69, 9.17) is 15.0 Å². The van der Waals surface area contributed by atoms with Crippen molar-refractivity contribution in [2.75, 3.05) is 18.1 Å². The van der Waals surface area contributed by atoms with E-state index in [-0.39, 0.29) is 17.7 Å². The quantitative estimate of drug-likeness (QED) is 0.389. The van der Waals surface area contributed by atoms with Crippen LogP contribution in [0.3, 0.4) is 0 Å². The Kier molecular flexibility index (Phi) is 11.1. The number of alkyl halides is 3. The van der Waals surface area contributed by atoms with Crippen molar-refractivity contribution in [3.05, 3.63) is 0 Å². The smallest absolute Gasteiger partial charge is 0.481 e. The van der Waals surface area contributed by atoms with Gasteiger partial charge >= 0.3 is 18.1 Å². The van der Waals surface area contributed by atoms with E-state index in [0.29, 0.717) is 18.2 Å². The second kappa shape index (κ2) is 11.6. The zero-order valence-corrected chi connectivity index (χ0v) is 16.2. The minimum atomic E-state index is -5.08. The molecule has 1 amide bonds. The number of halogens is 3. The number of hydrogen-bond donors (Lipinski definition) is 3. The van der Waals surface area contributed by atoms with Crippen molar-refractivity contribution < 1.29 is 37.8 Å². The van der Waals surface area contributed by atoms with Crippen LogP contribution < -0.4 is 5.32 Å². The lowest BCUT2D eigenvalue weighted by Crippen LogP contribution is -2.49. The molecule has 0 spiro atoms. The van der Waals surface area contributed by atoms with Crippen molar-refractivity contribution in [1.29, 1.82) is 0 Å². The number of carbonyl (C=O) groups excluding carboxylic acids is 1. The zero-order chi connectivity index (χ0) is 20.4. The van der Waals surface area contributed by atoms with Gasteiger partial charge in [-0.1, -0.05) is 41.9 Å². The van der Waals surface area contributed by atoms with E-state index in [0.717, 1.165) is 25.0 Å². The summed E-state index contributed by atoms with van der Waals surface area (Å²) in [6.07, 6.45) is -1.71. The highest BCUT2D eigenvalue weighted by molar-refractivity contribution is 8.76. The van der Waals surface area contributed by atoms with Crippen molar-refractivity contribution >= 4 is 39.4 Å². The van der Waals surface area contributed by atoms with Gasteiger partial charge in [0.2, 0.25) is 5.91 Å². The monoisotopic (exact) mass is 419 g/mol. The molecule has 11 heteroatoms. The van der Waals surface area contributed by atoms with E-state index in [9.17, 15) is 22.8 Å². The number of carbonyl (C=O) groups is 3. The highest BCUT2D eigenvalue weighted by Gasteiger charge is 2.46. The number of aliphatic carboxylic acids is 2. The number of carboxylic acid groups (broad SMARTS) is 2. The van der Waals surface area contributed by atoms with Gasteiger partial charge in [0.25, 0.3) is 0 Å². The van der Waals surface area contributed by atoms with Crippen LogP contribution in [0.15, 0.2) is 0 Å². The van der Waals surface area contributed by atoms with Gasteiger partial charge in [0.1, 0.15) is 0 Å². The van der Waals surface area contributed by atoms with E-state index in [1.54, 1.807) is 21.6 Å². The molecule has 0 aromatic heterocycles. The van der Waals surface area contributed by atoms with E-state index >= 15 is 0 Å². The fourth-order valence-corrected chi connectivity index (χ4v) is 4.14. The third kappa shape index (κ3) is 9.02. The molecule has 0 heterocycles. The minimum Gasteiger partial charge on any atom is -0.481 e. The molecule has 152 valence electrons. The fourth-order valence-electron chi connectivity index (χ4n) is 2.25. The van der Waals surface area contributed by atoms with Gasteiger partial charge < -0.3 is 15.5 Å². The van der Waals surface area contributed by atoms with Crippen LogP contribution in [0.5, 0.6) is 0 Å². The molecule has 0 saturated heterocycles. The van der Waals surface area contributed by atoms with Crippen molar-refractivity contribution in [3.8, 4) is 0 Å². The maximum absolute atomic E-state index is 12.2. The summed E-state index contributed by atoms with van der Waals surface area (Å²) in [5, 5.41) is 18.6. The number of amides is 1. The summed E-state index contributed by atoms with van der Waals surface area (Å²) in [7, 11) is 3.17. The number of hydrogen-bond acceptors (Lipinski definition) is 5. The summed E-state index contributed by atoms with van der Waals surface area (Å²) < 4.78 is 31.7. The Hall–Kier alpha value is -1.10. The molecule has 0 atom stereocenters. The standard InChI is InChI=1S/C13H23NO3S2.C2HF3O2/c1-10(2)13(5-3-6-13)12(17)14-7-9-19-18-8-4-11(15)16;3-2(4,5)1(6)7/h10H,3-9H2,1-2H3,(H,14,17)(H,15,16);(H,6,7). The normalized spacial score (nSPS) is 15.5. The molecule has 0 bridgehead atoms. The average molecular weight is 419 g/mol. The third-order valence-corrected chi connectivity index (χ3v) is 6.41. The molecule has 0 aromatic rings. The molecule has 1 rings (SSSR count). The molecule has 0 aromatic carbocycles. The summed E-state index contributed by atoms with van der Waals surface area (Å²) in [5.41, 5.74) is -0.124. The number of carboxylic acids is 2.